The van der Waals surface area contributed by atoms with Crippen LogP contribution in [0.3, 0.4) is 0 Å². The predicted octanol–water partition coefficient (Wildman–Crippen LogP) is 4.06. The molecule has 0 unspecified atom stereocenters. The van der Waals surface area contributed by atoms with Crippen molar-refractivity contribution in [1.82, 2.24) is 14.9 Å². The van der Waals surface area contributed by atoms with E-state index in [1.807, 2.05) is 24.4 Å². The molecule has 142 valence electrons. The van der Waals surface area contributed by atoms with Gasteiger partial charge in [-0.05, 0) is 55.7 Å². The maximum absolute atomic E-state index is 5.89. The van der Waals surface area contributed by atoms with Crippen molar-refractivity contribution in [2.24, 2.45) is 0 Å². The van der Waals surface area contributed by atoms with Gasteiger partial charge in [-0.3, -0.25) is 9.88 Å². The zero-order valence-corrected chi connectivity index (χ0v) is 16.1. The van der Waals surface area contributed by atoms with Gasteiger partial charge in [-0.1, -0.05) is 6.07 Å². The smallest absolute Gasteiger partial charge is 0.119 e. The van der Waals surface area contributed by atoms with Crippen LogP contribution < -0.4 is 4.74 Å². The Morgan fingerprint density at radius 2 is 2.19 bits per heavy atom. The molecule has 3 aromatic rings. The number of nitrogens with zero attached hydrogens (tertiary/aromatic N) is 2. The summed E-state index contributed by atoms with van der Waals surface area (Å²) in [5.41, 5.74) is 4.76. The molecule has 0 bridgehead atoms. The number of hydrogen-bond donors (Lipinski definition) is 1. The van der Waals surface area contributed by atoms with E-state index in [0.29, 0.717) is 6.10 Å². The SMILES string of the molecule is COc1ccc2[nH]c(CN(Cc3ccccn3)C[C@@H]3CCCO3)c(C)c2c1. The van der Waals surface area contributed by atoms with Gasteiger partial charge >= 0.3 is 0 Å². The van der Waals surface area contributed by atoms with E-state index >= 15 is 0 Å². The number of aryl methyl sites for hydroxylation is 1. The molecule has 0 radical (unpaired) electrons. The molecule has 5 heteroatoms. The van der Waals surface area contributed by atoms with Crippen LogP contribution in [0.15, 0.2) is 42.6 Å². The molecule has 1 N–H and O–H groups in total. The molecule has 1 atom stereocenters. The Labute approximate surface area is 160 Å². The standard InChI is InChI=1S/C22H27N3O2/c1-16-20-12-18(26-2)8-9-21(20)24-22(16)15-25(14-19-7-5-11-27-19)13-17-6-3-4-10-23-17/h3-4,6,8-10,12,19,24H,5,7,11,13-15H2,1-2H3/t19-/m0/s1. The summed E-state index contributed by atoms with van der Waals surface area (Å²) in [4.78, 5) is 10.5. The van der Waals surface area contributed by atoms with E-state index in [9.17, 15) is 0 Å². The van der Waals surface area contributed by atoms with Crippen molar-refractivity contribution in [3.8, 4) is 5.75 Å². The molecule has 1 fully saturated rings. The molecule has 5 nitrogen and oxygen atoms in total. The minimum absolute atomic E-state index is 0.318. The fourth-order valence-electron chi connectivity index (χ4n) is 3.85. The van der Waals surface area contributed by atoms with Gasteiger partial charge in [0.1, 0.15) is 5.75 Å². The second-order valence-corrected chi connectivity index (χ2v) is 7.27. The molecule has 1 aromatic carbocycles. The van der Waals surface area contributed by atoms with E-state index in [1.54, 1.807) is 7.11 Å². The van der Waals surface area contributed by atoms with E-state index in [0.717, 1.165) is 56.0 Å². The third-order valence-corrected chi connectivity index (χ3v) is 5.35. The highest BCUT2D eigenvalue weighted by Crippen LogP contribution is 2.27. The van der Waals surface area contributed by atoms with Crippen molar-refractivity contribution in [1.29, 1.82) is 0 Å². The highest BCUT2D eigenvalue weighted by molar-refractivity contribution is 5.85. The van der Waals surface area contributed by atoms with Crippen molar-refractivity contribution in [3.63, 3.8) is 0 Å². The monoisotopic (exact) mass is 365 g/mol. The Kier molecular flexibility index (Phi) is 5.41. The normalized spacial score (nSPS) is 17.1. The molecule has 0 saturated carbocycles. The number of fused-ring (bicyclic) bond motifs is 1. The number of hydrogen-bond acceptors (Lipinski definition) is 4. The number of aromatic nitrogens is 2. The van der Waals surface area contributed by atoms with E-state index in [1.165, 1.54) is 16.6 Å². The second kappa shape index (κ2) is 8.11. The molecule has 3 heterocycles. The van der Waals surface area contributed by atoms with Crippen LogP contribution in [-0.2, 0) is 17.8 Å². The third-order valence-electron chi connectivity index (χ3n) is 5.35. The Balaban J connectivity index is 1.58. The molecular weight excluding hydrogens is 338 g/mol. The highest BCUT2D eigenvalue weighted by Gasteiger charge is 2.21. The van der Waals surface area contributed by atoms with E-state index in [4.69, 9.17) is 9.47 Å². The van der Waals surface area contributed by atoms with Gasteiger partial charge in [0.15, 0.2) is 0 Å². The van der Waals surface area contributed by atoms with Crippen molar-refractivity contribution < 1.29 is 9.47 Å². The third kappa shape index (κ3) is 4.15. The molecule has 1 aliphatic rings. The summed E-state index contributed by atoms with van der Waals surface area (Å²) in [7, 11) is 1.71. The fraction of sp³-hybridized carbons (Fsp3) is 0.409. The Morgan fingerprint density at radius 1 is 1.26 bits per heavy atom. The molecule has 27 heavy (non-hydrogen) atoms. The first-order chi connectivity index (χ1) is 13.2. The largest absolute Gasteiger partial charge is 0.497 e. The number of pyridine rings is 1. The van der Waals surface area contributed by atoms with Crippen molar-refractivity contribution in [2.75, 3.05) is 20.3 Å². The molecule has 0 aliphatic carbocycles. The predicted molar refractivity (Wildman–Crippen MR) is 107 cm³/mol. The van der Waals surface area contributed by atoms with Gasteiger partial charge in [0.25, 0.3) is 0 Å². The van der Waals surface area contributed by atoms with Crippen LogP contribution in [0.1, 0.15) is 29.8 Å². The summed E-state index contributed by atoms with van der Waals surface area (Å²) in [6.45, 7) is 5.65. The Morgan fingerprint density at radius 3 is 2.93 bits per heavy atom. The van der Waals surface area contributed by atoms with Crippen LogP contribution in [0.2, 0.25) is 0 Å². The first-order valence-corrected chi connectivity index (χ1v) is 9.62. The van der Waals surface area contributed by atoms with Crippen LogP contribution in [0, 0.1) is 6.92 Å². The zero-order chi connectivity index (χ0) is 18.6. The lowest BCUT2D eigenvalue weighted by molar-refractivity contribution is 0.0670. The van der Waals surface area contributed by atoms with E-state index in [-0.39, 0.29) is 0 Å². The van der Waals surface area contributed by atoms with Gasteiger partial charge in [0.2, 0.25) is 0 Å². The van der Waals surface area contributed by atoms with Gasteiger partial charge in [0.05, 0.1) is 18.9 Å². The molecule has 4 rings (SSSR count). The first kappa shape index (κ1) is 18.0. The van der Waals surface area contributed by atoms with Crippen LogP contribution in [0.5, 0.6) is 5.75 Å². The van der Waals surface area contributed by atoms with Crippen molar-refractivity contribution in [2.45, 2.75) is 39.0 Å². The minimum atomic E-state index is 0.318. The van der Waals surface area contributed by atoms with Crippen LogP contribution in [0.4, 0.5) is 0 Å². The number of methoxy groups -OCH3 is 1. The van der Waals surface area contributed by atoms with E-state index < -0.39 is 0 Å². The average molecular weight is 365 g/mol. The maximum Gasteiger partial charge on any atom is 0.119 e. The van der Waals surface area contributed by atoms with Gasteiger partial charge in [-0.2, -0.15) is 0 Å². The van der Waals surface area contributed by atoms with Gasteiger partial charge in [-0.15, -0.1) is 0 Å². The second-order valence-electron chi connectivity index (χ2n) is 7.27. The molecule has 2 aromatic heterocycles. The number of nitrogens with one attached hydrogen (secondary N) is 1. The van der Waals surface area contributed by atoms with Crippen LogP contribution in [-0.4, -0.2) is 41.2 Å². The summed E-state index contributed by atoms with van der Waals surface area (Å²) in [5.74, 6) is 0.890. The first-order valence-electron chi connectivity index (χ1n) is 9.62. The number of benzene rings is 1. The number of rotatable bonds is 7. The summed E-state index contributed by atoms with van der Waals surface area (Å²) in [6.07, 6.45) is 4.48. The topological polar surface area (TPSA) is 50.4 Å². The molecular formula is C22H27N3O2. The van der Waals surface area contributed by atoms with Gasteiger partial charge in [0, 0.05) is 49.0 Å². The average Bonchev–Trinajstić information content (AvgIpc) is 3.31. The fourth-order valence-corrected chi connectivity index (χ4v) is 3.85. The molecule has 0 amide bonds. The summed E-state index contributed by atoms with van der Waals surface area (Å²) in [5, 5.41) is 1.22. The summed E-state index contributed by atoms with van der Waals surface area (Å²) < 4.78 is 11.3. The minimum Gasteiger partial charge on any atom is -0.497 e. The van der Waals surface area contributed by atoms with Crippen molar-refractivity contribution >= 4 is 10.9 Å². The quantitative estimate of drug-likeness (QED) is 0.686. The van der Waals surface area contributed by atoms with Gasteiger partial charge < -0.3 is 14.5 Å². The summed E-state index contributed by atoms with van der Waals surface area (Å²) in [6, 6.07) is 12.3. The Bertz CT molecular complexity index is 885. The lowest BCUT2D eigenvalue weighted by atomic mass is 10.1. The molecule has 0 spiro atoms. The lowest BCUT2D eigenvalue weighted by Gasteiger charge is -2.25. The number of ether oxygens (including phenoxy) is 2. The van der Waals surface area contributed by atoms with Gasteiger partial charge in [-0.25, -0.2) is 0 Å². The number of aromatic amines is 1. The molecule has 1 aliphatic heterocycles. The van der Waals surface area contributed by atoms with E-state index in [2.05, 4.69) is 40.0 Å². The molecule has 1 saturated heterocycles. The maximum atomic E-state index is 5.89. The van der Waals surface area contributed by atoms with Crippen LogP contribution in [0.25, 0.3) is 10.9 Å². The Hall–Kier alpha value is -2.37. The van der Waals surface area contributed by atoms with Crippen LogP contribution >= 0.6 is 0 Å². The highest BCUT2D eigenvalue weighted by atomic mass is 16.5. The number of H-pyrrole nitrogens is 1. The summed E-state index contributed by atoms with van der Waals surface area (Å²) >= 11 is 0. The van der Waals surface area contributed by atoms with Crippen molar-refractivity contribution in [3.05, 3.63) is 59.5 Å². The zero-order valence-electron chi connectivity index (χ0n) is 16.1. The lowest BCUT2D eigenvalue weighted by Crippen LogP contribution is -2.32.